The number of nitrogens with zero attached hydrogens (tertiary/aromatic N) is 1. The molecule has 1 amide bonds. The average molecular weight is 379 g/mol. The molecule has 0 bridgehead atoms. The highest BCUT2D eigenvalue weighted by Gasteiger charge is 2.09. The van der Waals surface area contributed by atoms with Crippen LogP contribution in [0.5, 0.6) is 5.75 Å². The molecule has 0 radical (unpaired) electrons. The van der Waals surface area contributed by atoms with Gasteiger partial charge < -0.3 is 14.5 Å². The van der Waals surface area contributed by atoms with Gasteiger partial charge in [-0.2, -0.15) is 0 Å². The number of hydrogen-bond donors (Lipinski definition) is 1. The van der Waals surface area contributed by atoms with E-state index in [4.69, 9.17) is 9.15 Å². The van der Waals surface area contributed by atoms with E-state index in [2.05, 4.69) is 26.2 Å². The summed E-state index contributed by atoms with van der Waals surface area (Å²) in [4.78, 5) is 16.1. The minimum atomic E-state index is -0.535. The highest BCUT2D eigenvalue weighted by atomic mass is 79.9. The van der Waals surface area contributed by atoms with Crippen LogP contribution in [0.1, 0.15) is 5.89 Å². The molecule has 23 heavy (non-hydrogen) atoms. The van der Waals surface area contributed by atoms with Crippen molar-refractivity contribution in [3.63, 3.8) is 0 Å². The van der Waals surface area contributed by atoms with Gasteiger partial charge in [0.05, 0.1) is 0 Å². The molecule has 0 atom stereocenters. The van der Waals surface area contributed by atoms with Crippen LogP contribution in [0.3, 0.4) is 0 Å². The van der Waals surface area contributed by atoms with E-state index >= 15 is 0 Å². The zero-order valence-corrected chi connectivity index (χ0v) is 13.7. The highest BCUT2D eigenvalue weighted by Crippen LogP contribution is 2.22. The first-order valence-electron chi connectivity index (χ1n) is 6.76. The molecule has 0 spiro atoms. The van der Waals surface area contributed by atoms with Gasteiger partial charge in [0.25, 0.3) is 5.91 Å². The van der Waals surface area contributed by atoms with Crippen molar-refractivity contribution in [2.45, 2.75) is 6.92 Å². The number of fused-ring (bicyclic) bond motifs is 1. The van der Waals surface area contributed by atoms with E-state index in [1.165, 1.54) is 12.1 Å². The van der Waals surface area contributed by atoms with Crippen LogP contribution in [-0.2, 0) is 4.79 Å². The Labute approximate surface area is 139 Å². The number of benzene rings is 2. The van der Waals surface area contributed by atoms with Gasteiger partial charge in [-0.15, -0.1) is 0 Å². The monoisotopic (exact) mass is 378 g/mol. The van der Waals surface area contributed by atoms with Crippen molar-refractivity contribution in [2.24, 2.45) is 0 Å². The molecule has 118 valence electrons. The molecule has 0 saturated carbocycles. The van der Waals surface area contributed by atoms with Crippen LogP contribution in [-0.4, -0.2) is 17.5 Å². The summed E-state index contributed by atoms with van der Waals surface area (Å²) in [5, 5.41) is 2.67. The summed E-state index contributed by atoms with van der Waals surface area (Å²) < 4.78 is 24.7. The summed E-state index contributed by atoms with van der Waals surface area (Å²) in [5.41, 5.74) is 1.87. The fourth-order valence-corrected chi connectivity index (χ4v) is 2.39. The zero-order valence-electron chi connectivity index (χ0n) is 12.1. The van der Waals surface area contributed by atoms with E-state index in [0.717, 1.165) is 0 Å². The molecule has 3 aromatic rings. The summed E-state index contributed by atoms with van der Waals surface area (Å²) in [6.07, 6.45) is 0. The van der Waals surface area contributed by atoms with Gasteiger partial charge in [-0.05, 0) is 36.4 Å². The van der Waals surface area contributed by atoms with Crippen molar-refractivity contribution >= 4 is 38.6 Å². The second-order valence-electron chi connectivity index (χ2n) is 4.83. The molecule has 0 fully saturated rings. The molecule has 7 heteroatoms. The van der Waals surface area contributed by atoms with Crippen LogP contribution in [0, 0.1) is 12.7 Å². The Balaban J connectivity index is 1.63. The van der Waals surface area contributed by atoms with Crippen LogP contribution >= 0.6 is 15.9 Å². The van der Waals surface area contributed by atoms with Crippen LogP contribution in [0.4, 0.5) is 10.1 Å². The van der Waals surface area contributed by atoms with Crippen LogP contribution in [0.15, 0.2) is 45.3 Å². The average Bonchev–Trinajstić information content (AvgIpc) is 2.85. The SMILES string of the molecule is Cc1nc2cc(NC(=O)COc3ccc(Br)cc3F)ccc2o1. The summed E-state index contributed by atoms with van der Waals surface area (Å²) >= 11 is 3.15. The Morgan fingerprint density at radius 3 is 2.96 bits per heavy atom. The first-order valence-corrected chi connectivity index (χ1v) is 7.55. The molecule has 0 aliphatic heterocycles. The second kappa shape index (κ2) is 6.37. The number of oxazole rings is 1. The molecule has 3 rings (SSSR count). The van der Waals surface area contributed by atoms with Crippen LogP contribution in [0.2, 0.25) is 0 Å². The second-order valence-corrected chi connectivity index (χ2v) is 5.74. The van der Waals surface area contributed by atoms with E-state index in [1.807, 2.05) is 0 Å². The zero-order chi connectivity index (χ0) is 16.4. The van der Waals surface area contributed by atoms with E-state index in [-0.39, 0.29) is 12.4 Å². The molecule has 0 saturated heterocycles. The standard InChI is InChI=1S/C16H12BrFN2O3/c1-9-19-13-7-11(3-5-15(13)23-9)20-16(21)8-22-14-4-2-10(17)6-12(14)18/h2-7H,8H2,1H3,(H,20,21). The smallest absolute Gasteiger partial charge is 0.262 e. The van der Waals surface area contributed by atoms with Gasteiger partial charge in [0.1, 0.15) is 5.52 Å². The van der Waals surface area contributed by atoms with Crippen molar-refractivity contribution in [1.29, 1.82) is 0 Å². The minimum Gasteiger partial charge on any atom is -0.481 e. The van der Waals surface area contributed by atoms with Gasteiger partial charge in [0, 0.05) is 17.1 Å². The van der Waals surface area contributed by atoms with Crippen molar-refractivity contribution in [1.82, 2.24) is 4.98 Å². The fourth-order valence-electron chi connectivity index (χ4n) is 2.05. The number of rotatable bonds is 4. The van der Waals surface area contributed by atoms with E-state index in [0.29, 0.717) is 27.2 Å². The molecule has 1 N–H and O–H groups in total. The number of carbonyl (C=O) groups is 1. The first-order chi connectivity index (χ1) is 11.0. The number of hydrogen-bond acceptors (Lipinski definition) is 4. The van der Waals surface area contributed by atoms with Gasteiger partial charge in [-0.1, -0.05) is 15.9 Å². The summed E-state index contributed by atoms with van der Waals surface area (Å²) in [6, 6.07) is 9.48. The molecule has 0 aliphatic rings. The normalized spacial score (nSPS) is 10.7. The Hall–Kier alpha value is -2.41. The lowest BCUT2D eigenvalue weighted by Crippen LogP contribution is -2.20. The van der Waals surface area contributed by atoms with Gasteiger partial charge in [0.2, 0.25) is 0 Å². The van der Waals surface area contributed by atoms with Gasteiger partial charge in [-0.3, -0.25) is 4.79 Å². The topological polar surface area (TPSA) is 64.4 Å². The van der Waals surface area contributed by atoms with Crippen molar-refractivity contribution in [2.75, 3.05) is 11.9 Å². The van der Waals surface area contributed by atoms with E-state index in [1.54, 1.807) is 31.2 Å². The molecular weight excluding hydrogens is 367 g/mol. The maximum absolute atomic E-state index is 13.6. The highest BCUT2D eigenvalue weighted by molar-refractivity contribution is 9.10. The first kappa shape index (κ1) is 15.5. The Morgan fingerprint density at radius 2 is 2.17 bits per heavy atom. The number of amides is 1. The van der Waals surface area contributed by atoms with Crippen LogP contribution in [0.25, 0.3) is 11.1 Å². The number of anilines is 1. The van der Waals surface area contributed by atoms with Gasteiger partial charge in [-0.25, -0.2) is 9.37 Å². The van der Waals surface area contributed by atoms with Crippen LogP contribution < -0.4 is 10.1 Å². The molecule has 0 unspecified atom stereocenters. The molecule has 1 heterocycles. The summed E-state index contributed by atoms with van der Waals surface area (Å²) in [7, 11) is 0. The Bertz CT molecular complexity index is 879. The lowest BCUT2D eigenvalue weighted by atomic mass is 10.3. The number of carbonyl (C=O) groups excluding carboxylic acids is 1. The number of aryl methyl sites for hydroxylation is 1. The summed E-state index contributed by atoms with van der Waals surface area (Å²) in [6.45, 7) is 1.45. The fraction of sp³-hybridized carbons (Fsp3) is 0.125. The third kappa shape index (κ3) is 3.68. The molecular formula is C16H12BrFN2O3. The molecule has 2 aromatic carbocycles. The van der Waals surface area contributed by atoms with Crippen molar-refractivity contribution < 1.29 is 18.3 Å². The largest absolute Gasteiger partial charge is 0.481 e. The maximum atomic E-state index is 13.6. The number of ether oxygens (including phenoxy) is 1. The maximum Gasteiger partial charge on any atom is 0.262 e. The van der Waals surface area contributed by atoms with Crippen molar-refractivity contribution in [3.8, 4) is 5.75 Å². The van der Waals surface area contributed by atoms with E-state index in [9.17, 15) is 9.18 Å². The predicted octanol–water partition coefficient (Wildman–Crippen LogP) is 4.06. The minimum absolute atomic E-state index is 0.0194. The van der Waals surface area contributed by atoms with Gasteiger partial charge in [0.15, 0.2) is 29.6 Å². The lowest BCUT2D eigenvalue weighted by Gasteiger charge is -2.08. The molecule has 1 aromatic heterocycles. The number of nitrogens with one attached hydrogen (secondary N) is 1. The van der Waals surface area contributed by atoms with Crippen molar-refractivity contribution in [3.05, 3.63) is 52.6 Å². The summed E-state index contributed by atoms with van der Waals surface area (Å²) in [5.74, 6) is -0.359. The molecule has 0 aliphatic carbocycles. The van der Waals surface area contributed by atoms with Gasteiger partial charge >= 0.3 is 0 Å². The number of halogens is 2. The third-order valence-electron chi connectivity index (χ3n) is 3.03. The third-order valence-corrected chi connectivity index (χ3v) is 3.52. The predicted molar refractivity (Wildman–Crippen MR) is 87.0 cm³/mol. The quantitative estimate of drug-likeness (QED) is 0.743. The van der Waals surface area contributed by atoms with E-state index < -0.39 is 11.7 Å². The Morgan fingerprint density at radius 1 is 1.35 bits per heavy atom. The lowest BCUT2D eigenvalue weighted by molar-refractivity contribution is -0.118. The Kier molecular flexibility index (Phi) is 4.29. The number of aromatic nitrogens is 1. The molecule has 5 nitrogen and oxygen atoms in total.